The minimum Gasteiger partial charge on any atom is -0.492 e. The summed E-state index contributed by atoms with van der Waals surface area (Å²) in [4.78, 5) is 20.1. The van der Waals surface area contributed by atoms with E-state index < -0.39 is 0 Å². The number of rotatable bonds is 5. The number of aromatic nitrogens is 3. The predicted octanol–water partition coefficient (Wildman–Crippen LogP) is 2.58. The molecule has 1 aliphatic rings. The van der Waals surface area contributed by atoms with Crippen LogP contribution in [0.5, 0.6) is 5.75 Å². The zero-order valence-electron chi connectivity index (χ0n) is 18.2. The van der Waals surface area contributed by atoms with Crippen LogP contribution in [0.1, 0.15) is 19.4 Å². The number of nitriles is 1. The molecule has 162 valence electrons. The minimum absolute atomic E-state index is 0.273. The number of carbonyl (C=O) groups excluding carboxylic acids is 1. The van der Waals surface area contributed by atoms with Crippen LogP contribution >= 0.6 is 0 Å². The van der Waals surface area contributed by atoms with E-state index >= 15 is 0 Å². The molecule has 0 aliphatic carbocycles. The number of pyridine rings is 2. The zero-order valence-corrected chi connectivity index (χ0v) is 18.2. The van der Waals surface area contributed by atoms with Crippen LogP contribution in [-0.2, 0) is 4.79 Å². The van der Waals surface area contributed by atoms with Gasteiger partial charge >= 0.3 is 0 Å². The van der Waals surface area contributed by atoms with Crippen molar-refractivity contribution in [1.82, 2.24) is 19.5 Å². The summed E-state index contributed by atoms with van der Waals surface area (Å²) in [5.41, 5.74) is 2.92. The van der Waals surface area contributed by atoms with Gasteiger partial charge in [-0.05, 0) is 30.0 Å². The van der Waals surface area contributed by atoms with Gasteiger partial charge in [-0.3, -0.25) is 4.79 Å². The van der Waals surface area contributed by atoms with Crippen LogP contribution in [0.15, 0.2) is 36.8 Å². The summed E-state index contributed by atoms with van der Waals surface area (Å²) >= 11 is 0. The molecule has 1 fully saturated rings. The van der Waals surface area contributed by atoms with Crippen molar-refractivity contribution in [3.63, 3.8) is 0 Å². The Morgan fingerprint density at radius 3 is 2.66 bits per heavy atom. The number of nitrogens with zero attached hydrogens (tertiary/aromatic N) is 6. The molecule has 0 N–H and O–H groups in total. The molecule has 1 saturated heterocycles. The largest absolute Gasteiger partial charge is 0.492 e. The van der Waals surface area contributed by atoms with E-state index in [1.807, 2.05) is 18.2 Å². The first-order valence-electron chi connectivity index (χ1n) is 10.5. The first-order chi connectivity index (χ1) is 15.5. The number of anilines is 1. The maximum atomic E-state index is 11.7. The molecule has 0 unspecified atom stereocenters. The molecular weight excluding hydrogens is 404 g/mol. The highest BCUT2D eigenvalue weighted by Crippen LogP contribution is 2.31. The van der Waals surface area contributed by atoms with Gasteiger partial charge in [-0.1, -0.05) is 13.8 Å². The third-order valence-corrected chi connectivity index (χ3v) is 5.36. The number of hydrogen-bond donors (Lipinski definition) is 0. The molecule has 32 heavy (non-hydrogen) atoms. The number of hydrogen-bond acceptors (Lipinski definition) is 6. The molecule has 0 radical (unpaired) electrons. The Hall–Kier alpha value is -4.04. The van der Waals surface area contributed by atoms with Gasteiger partial charge in [0.05, 0.1) is 30.1 Å². The molecule has 0 spiro atoms. The first kappa shape index (κ1) is 21.2. The number of carbonyl (C=O) groups is 1. The lowest BCUT2D eigenvalue weighted by molar-refractivity contribution is -0.125. The third kappa shape index (κ3) is 4.21. The van der Waals surface area contributed by atoms with Crippen LogP contribution in [0.3, 0.4) is 0 Å². The average molecular weight is 428 g/mol. The first-order valence-corrected chi connectivity index (χ1v) is 10.5. The van der Waals surface area contributed by atoms with Gasteiger partial charge in [-0.2, -0.15) is 10.4 Å². The smallest absolute Gasteiger partial charge is 0.298 e. The summed E-state index contributed by atoms with van der Waals surface area (Å²) in [6.07, 6.45) is 10.4. The average Bonchev–Trinajstić information content (AvgIpc) is 3.25. The molecule has 0 saturated carbocycles. The minimum atomic E-state index is -0.273. The summed E-state index contributed by atoms with van der Waals surface area (Å²) in [6.45, 7) is 7.25. The van der Waals surface area contributed by atoms with E-state index in [0.29, 0.717) is 50.0 Å². The summed E-state index contributed by atoms with van der Waals surface area (Å²) in [5.74, 6) is 3.80. The Bertz CT molecular complexity index is 1210. The second kappa shape index (κ2) is 8.99. The fourth-order valence-corrected chi connectivity index (χ4v) is 3.70. The lowest BCUT2D eigenvalue weighted by Crippen LogP contribution is -2.48. The Morgan fingerprint density at radius 2 is 2.03 bits per heavy atom. The van der Waals surface area contributed by atoms with Gasteiger partial charge in [0, 0.05) is 43.5 Å². The molecule has 4 heterocycles. The maximum Gasteiger partial charge on any atom is 0.298 e. The van der Waals surface area contributed by atoms with Gasteiger partial charge in [0.1, 0.15) is 17.6 Å². The summed E-state index contributed by atoms with van der Waals surface area (Å²) < 4.78 is 7.60. The lowest BCUT2D eigenvalue weighted by Gasteiger charge is -2.34. The third-order valence-electron chi connectivity index (χ3n) is 5.36. The molecule has 1 aliphatic heterocycles. The van der Waals surface area contributed by atoms with E-state index in [9.17, 15) is 10.1 Å². The molecule has 0 atom stereocenters. The zero-order chi connectivity index (χ0) is 22.7. The van der Waals surface area contributed by atoms with Crippen molar-refractivity contribution < 1.29 is 9.53 Å². The summed E-state index contributed by atoms with van der Waals surface area (Å²) in [5, 5.41) is 13.9. The highest BCUT2D eigenvalue weighted by molar-refractivity contribution is 5.93. The van der Waals surface area contributed by atoms with E-state index in [1.165, 1.54) is 0 Å². The molecule has 8 heteroatoms. The van der Waals surface area contributed by atoms with Crippen molar-refractivity contribution in [3.05, 3.63) is 42.4 Å². The normalized spacial score (nSPS) is 13.8. The van der Waals surface area contributed by atoms with Gasteiger partial charge in [0.25, 0.3) is 5.91 Å². The summed E-state index contributed by atoms with van der Waals surface area (Å²) in [6, 6.07) is 8.08. The Morgan fingerprint density at radius 1 is 1.25 bits per heavy atom. The standard InChI is InChI=1S/C24H24N6O2/c1-4-23(31)29-9-7-28(8-10-29)22-6-5-18(13-26-22)21-11-20(32-16-17(2)3)15-30-24(21)19(12-25)14-27-30/h1,5-6,11,13-15,17H,7-10,16H2,2-3H3. The highest BCUT2D eigenvalue weighted by Gasteiger charge is 2.21. The van der Waals surface area contributed by atoms with Crippen LogP contribution in [0.2, 0.25) is 0 Å². The Balaban J connectivity index is 1.61. The topological polar surface area (TPSA) is 86.8 Å². The van der Waals surface area contributed by atoms with E-state index in [-0.39, 0.29) is 5.91 Å². The fraction of sp³-hybridized carbons (Fsp3) is 0.333. The number of piperazine rings is 1. The maximum absolute atomic E-state index is 11.7. The molecule has 3 aromatic rings. The molecule has 4 rings (SSSR count). The number of ether oxygens (including phenoxy) is 1. The van der Waals surface area contributed by atoms with E-state index in [1.54, 1.807) is 28.0 Å². The van der Waals surface area contributed by atoms with Crippen molar-refractivity contribution in [2.75, 3.05) is 37.7 Å². The van der Waals surface area contributed by atoms with Gasteiger partial charge in [-0.15, -0.1) is 6.42 Å². The molecule has 3 aromatic heterocycles. The molecule has 8 nitrogen and oxygen atoms in total. The van der Waals surface area contributed by atoms with Gasteiger partial charge in [0.2, 0.25) is 0 Å². The van der Waals surface area contributed by atoms with Crippen molar-refractivity contribution in [3.8, 4) is 35.3 Å². The van der Waals surface area contributed by atoms with E-state index in [2.05, 4.69) is 40.8 Å². The van der Waals surface area contributed by atoms with Crippen molar-refractivity contribution in [1.29, 1.82) is 5.26 Å². The molecular formula is C24H24N6O2. The van der Waals surface area contributed by atoms with Crippen molar-refractivity contribution in [2.45, 2.75) is 13.8 Å². The van der Waals surface area contributed by atoms with Crippen LogP contribution in [0, 0.1) is 29.6 Å². The van der Waals surface area contributed by atoms with Crippen molar-refractivity contribution >= 4 is 17.2 Å². The second-order valence-electron chi connectivity index (χ2n) is 8.09. The van der Waals surface area contributed by atoms with Crippen LogP contribution in [-0.4, -0.2) is 58.2 Å². The van der Waals surface area contributed by atoms with Gasteiger partial charge < -0.3 is 14.5 Å². The van der Waals surface area contributed by atoms with Gasteiger partial charge in [-0.25, -0.2) is 9.50 Å². The molecule has 1 amide bonds. The quantitative estimate of drug-likeness (QED) is 0.581. The number of amides is 1. The molecule has 0 aromatic carbocycles. The number of fused-ring (bicyclic) bond motifs is 1. The van der Waals surface area contributed by atoms with E-state index in [4.69, 9.17) is 11.2 Å². The predicted molar refractivity (Wildman–Crippen MR) is 121 cm³/mol. The fourth-order valence-electron chi connectivity index (χ4n) is 3.70. The van der Waals surface area contributed by atoms with E-state index in [0.717, 1.165) is 22.5 Å². The monoisotopic (exact) mass is 428 g/mol. The second-order valence-corrected chi connectivity index (χ2v) is 8.09. The lowest BCUT2D eigenvalue weighted by atomic mass is 10.1. The van der Waals surface area contributed by atoms with Crippen LogP contribution in [0.4, 0.5) is 5.82 Å². The Kier molecular flexibility index (Phi) is 5.96. The number of terminal acetylenes is 1. The highest BCUT2D eigenvalue weighted by atomic mass is 16.5. The van der Waals surface area contributed by atoms with Crippen LogP contribution < -0.4 is 9.64 Å². The SMILES string of the molecule is C#CC(=O)N1CCN(c2ccc(-c3cc(OCC(C)C)cn4ncc(C#N)c34)cn2)CC1. The van der Waals surface area contributed by atoms with Crippen molar-refractivity contribution in [2.24, 2.45) is 5.92 Å². The van der Waals surface area contributed by atoms with Gasteiger partial charge in [0.15, 0.2) is 0 Å². The summed E-state index contributed by atoms with van der Waals surface area (Å²) in [7, 11) is 0. The molecule has 0 bridgehead atoms. The Labute approximate surface area is 187 Å². The van der Waals surface area contributed by atoms with Crippen LogP contribution in [0.25, 0.3) is 16.6 Å².